The highest BCUT2D eigenvalue weighted by molar-refractivity contribution is 5.76. The third-order valence-electron chi connectivity index (χ3n) is 13.6. The summed E-state index contributed by atoms with van der Waals surface area (Å²) in [6.07, 6.45) is 50.8. The van der Waals surface area contributed by atoms with Crippen molar-refractivity contribution in [2.45, 2.75) is 314 Å². The quantitative estimate of drug-likeness (QED) is 0.0261. The maximum absolute atomic E-state index is 13.0. The number of ether oxygens (including phenoxy) is 2. The zero-order valence-electron chi connectivity index (χ0n) is 42.5. The van der Waals surface area contributed by atoms with Gasteiger partial charge in [-0.3, -0.25) is 4.79 Å². The molecule has 0 aromatic rings. The van der Waals surface area contributed by atoms with E-state index >= 15 is 0 Å². The van der Waals surface area contributed by atoms with Crippen LogP contribution >= 0.6 is 0 Å². The molecule has 1 saturated heterocycles. The van der Waals surface area contributed by atoms with E-state index in [1.165, 1.54) is 199 Å². The smallest absolute Gasteiger partial charge is 0.220 e. The van der Waals surface area contributed by atoms with Gasteiger partial charge >= 0.3 is 0 Å². The number of carbonyl (C=O) groups is 1. The van der Waals surface area contributed by atoms with Gasteiger partial charge in [0, 0.05) is 6.42 Å². The van der Waals surface area contributed by atoms with Crippen LogP contribution in [0.3, 0.4) is 0 Å². The second-order valence-electron chi connectivity index (χ2n) is 19.7. The predicted molar refractivity (Wildman–Crippen MR) is 272 cm³/mol. The average Bonchev–Trinajstić information content (AvgIpc) is 3.31. The number of allylic oxidation sites excluding steroid dienone is 4. The Morgan fingerprint density at radius 2 is 0.908 bits per heavy atom. The van der Waals surface area contributed by atoms with E-state index in [9.17, 15) is 30.3 Å². The van der Waals surface area contributed by atoms with Gasteiger partial charge in [-0.25, -0.2) is 0 Å². The van der Waals surface area contributed by atoms with Crippen LogP contribution in [0.25, 0.3) is 0 Å². The maximum atomic E-state index is 13.0. The van der Waals surface area contributed by atoms with E-state index in [0.29, 0.717) is 12.8 Å². The second kappa shape index (κ2) is 46.4. The highest BCUT2D eigenvalue weighted by Crippen LogP contribution is 2.23. The number of hydrogen-bond acceptors (Lipinski definition) is 8. The minimum atomic E-state index is -1.55. The molecule has 384 valence electrons. The number of rotatable bonds is 48. The number of unbranched alkanes of at least 4 members (excludes halogenated alkanes) is 34. The third-order valence-corrected chi connectivity index (χ3v) is 13.6. The molecule has 6 N–H and O–H groups in total. The molecule has 0 spiro atoms. The minimum Gasteiger partial charge on any atom is -0.394 e. The van der Waals surface area contributed by atoms with Crippen molar-refractivity contribution >= 4 is 5.91 Å². The fourth-order valence-electron chi connectivity index (χ4n) is 9.08. The van der Waals surface area contributed by atoms with E-state index < -0.39 is 49.5 Å². The first-order chi connectivity index (χ1) is 31.8. The summed E-state index contributed by atoms with van der Waals surface area (Å²) in [5.41, 5.74) is 0. The Bertz CT molecular complexity index is 1070. The van der Waals surface area contributed by atoms with Gasteiger partial charge in [-0.1, -0.05) is 244 Å². The fourth-order valence-corrected chi connectivity index (χ4v) is 9.08. The van der Waals surface area contributed by atoms with E-state index in [0.717, 1.165) is 44.9 Å². The molecule has 1 heterocycles. The molecule has 7 atom stereocenters. The number of hydrogen-bond donors (Lipinski definition) is 6. The van der Waals surface area contributed by atoms with Gasteiger partial charge in [0.15, 0.2) is 6.29 Å². The lowest BCUT2D eigenvalue weighted by molar-refractivity contribution is -0.302. The van der Waals surface area contributed by atoms with Crippen LogP contribution in [0.15, 0.2) is 24.3 Å². The molecular weight excluding hydrogens is 815 g/mol. The van der Waals surface area contributed by atoms with Crippen LogP contribution in [0.2, 0.25) is 0 Å². The van der Waals surface area contributed by atoms with Crippen molar-refractivity contribution in [3.05, 3.63) is 24.3 Å². The molecule has 1 rings (SSSR count). The summed E-state index contributed by atoms with van der Waals surface area (Å²) in [6, 6.07) is -0.714. The topological polar surface area (TPSA) is 149 Å². The monoisotopic (exact) mass is 922 g/mol. The summed E-state index contributed by atoms with van der Waals surface area (Å²) in [6.45, 7) is 3.83. The van der Waals surface area contributed by atoms with Crippen molar-refractivity contribution < 1.29 is 39.8 Å². The van der Waals surface area contributed by atoms with Crippen LogP contribution in [0.1, 0.15) is 271 Å². The molecule has 0 saturated carbocycles. The Morgan fingerprint density at radius 1 is 0.523 bits per heavy atom. The standard InChI is InChI=1S/C56H107NO8/c1-3-5-7-9-11-13-15-16-17-18-19-20-21-22-23-24-25-26-27-28-29-30-31-32-33-34-36-38-40-42-44-46-52(60)57-49(48-64-56-55(63)54(62)53(61)51(47-58)65-56)50(59)45-43-41-39-37-35-14-12-10-8-6-4-2/h15-16,18-19,49-51,53-56,58-59,61-63H,3-14,17,20-48H2,1-2H3,(H,57,60)/b16-15-,19-18-. The molecule has 1 amide bonds. The molecule has 9 heteroatoms. The van der Waals surface area contributed by atoms with Crippen molar-refractivity contribution in [2.24, 2.45) is 0 Å². The number of amides is 1. The summed E-state index contributed by atoms with van der Waals surface area (Å²) in [7, 11) is 0. The Kier molecular flexibility index (Phi) is 44.0. The highest BCUT2D eigenvalue weighted by atomic mass is 16.7. The molecular formula is C56H107NO8. The first-order valence-electron chi connectivity index (χ1n) is 28.0. The molecule has 7 unspecified atom stereocenters. The molecule has 0 radical (unpaired) electrons. The Balaban J connectivity index is 2.09. The Morgan fingerprint density at radius 3 is 1.32 bits per heavy atom. The summed E-state index contributed by atoms with van der Waals surface area (Å²) in [4.78, 5) is 13.0. The van der Waals surface area contributed by atoms with Crippen LogP contribution in [-0.2, 0) is 14.3 Å². The van der Waals surface area contributed by atoms with Crippen molar-refractivity contribution in [3.8, 4) is 0 Å². The van der Waals surface area contributed by atoms with Gasteiger partial charge in [0.2, 0.25) is 5.91 Å². The van der Waals surface area contributed by atoms with Crippen LogP contribution in [0.5, 0.6) is 0 Å². The lowest BCUT2D eigenvalue weighted by Crippen LogP contribution is -2.60. The van der Waals surface area contributed by atoms with Gasteiger partial charge < -0.3 is 40.3 Å². The molecule has 65 heavy (non-hydrogen) atoms. The van der Waals surface area contributed by atoms with E-state index in [-0.39, 0.29) is 12.5 Å². The summed E-state index contributed by atoms with van der Waals surface area (Å²) >= 11 is 0. The number of nitrogens with one attached hydrogen (secondary N) is 1. The van der Waals surface area contributed by atoms with Crippen molar-refractivity contribution in [3.63, 3.8) is 0 Å². The van der Waals surface area contributed by atoms with Gasteiger partial charge in [0.25, 0.3) is 0 Å². The predicted octanol–water partition coefficient (Wildman–Crippen LogP) is 13.4. The lowest BCUT2D eigenvalue weighted by Gasteiger charge is -2.40. The number of carbonyl (C=O) groups excluding carboxylic acids is 1. The molecule has 0 aromatic carbocycles. The normalized spacial score (nSPS) is 20.0. The van der Waals surface area contributed by atoms with Crippen LogP contribution in [0.4, 0.5) is 0 Å². The van der Waals surface area contributed by atoms with Crippen LogP contribution in [0, 0.1) is 0 Å². The fraction of sp³-hybridized carbons (Fsp3) is 0.911. The molecule has 0 bridgehead atoms. The van der Waals surface area contributed by atoms with Crippen molar-refractivity contribution in [1.29, 1.82) is 0 Å². The average molecular weight is 922 g/mol. The van der Waals surface area contributed by atoms with Crippen molar-refractivity contribution in [2.75, 3.05) is 13.2 Å². The lowest BCUT2D eigenvalue weighted by atomic mass is 9.99. The van der Waals surface area contributed by atoms with Crippen LogP contribution < -0.4 is 5.32 Å². The molecule has 1 fully saturated rings. The molecule has 1 aliphatic heterocycles. The Labute approximate surface area is 400 Å². The third kappa shape index (κ3) is 36.3. The first kappa shape index (κ1) is 61.7. The van der Waals surface area contributed by atoms with Gasteiger partial charge in [-0.05, 0) is 44.9 Å². The van der Waals surface area contributed by atoms with E-state index in [2.05, 4.69) is 43.5 Å². The van der Waals surface area contributed by atoms with Gasteiger partial charge in [-0.2, -0.15) is 0 Å². The van der Waals surface area contributed by atoms with Crippen LogP contribution in [-0.4, -0.2) is 87.5 Å². The molecule has 0 aliphatic carbocycles. The molecule has 0 aromatic heterocycles. The summed E-state index contributed by atoms with van der Waals surface area (Å²) in [5, 5.41) is 54.4. The van der Waals surface area contributed by atoms with Gasteiger partial charge in [0.1, 0.15) is 24.4 Å². The van der Waals surface area contributed by atoms with Gasteiger partial charge in [0.05, 0.1) is 25.4 Å². The van der Waals surface area contributed by atoms with Gasteiger partial charge in [-0.15, -0.1) is 0 Å². The number of aliphatic hydroxyl groups is 5. The minimum absolute atomic E-state index is 0.134. The SMILES string of the molecule is CCCCCCC/C=C\C/C=C\CCCCCCCCCCCCCCCCCCCCCC(=O)NC(COC1OC(CO)C(O)C(O)C1O)C(O)CCCCCCCCCCCCC. The maximum Gasteiger partial charge on any atom is 0.220 e. The summed E-state index contributed by atoms with van der Waals surface area (Å²) < 4.78 is 11.3. The zero-order chi connectivity index (χ0) is 47.3. The number of aliphatic hydroxyl groups excluding tert-OH is 5. The highest BCUT2D eigenvalue weighted by Gasteiger charge is 2.44. The van der Waals surface area contributed by atoms with E-state index in [1.807, 2.05) is 0 Å². The second-order valence-corrected chi connectivity index (χ2v) is 19.7. The van der Waals surface area contributed by atoms with Crippen molar-refractivity contribution in [1.82, 2.24) is 5.32 Å². The van der Waals surface area contributed by atoms with E-state index in [4.69, 9.17) is 9.47 Å². The molecule has 9 nitrogen and oxygen atoms in total. The largest absolute Gasteiger partial charge is 0.394 e. The molecule has 1 aliphatic rings. The zero-order valence-corrected chi connectivity index (χ0v) is 42.5. The van der Waals surface area contributed by atoms with E-state index in [1.54, 1.807) is 0 Å². The Hall–Kier alpha value is -1.33. The summed E-state index contributed by atoms with van der Waals surface area (Å²) in [5.74, 6) is -0.141. The first-order valence-corrected chi connectivity index (χ1v) is 28.0.